The molecule has 0 fully saturated rings. The first-order valence-electron chi connectivity index (χ1n) is 13.2. The standard InChI is InChI=1S/C33H27ClIN3O3/c34-27-12-9-25(10-13-27)32-29(14-8-21-4-6-22(7-5-21)17-31(39)40)37-30-18-26(11-15-28(30)38-32)33(41)36-20-24-3-1-2-23(16-24)19-35/h1-7,9-13,15-16,18H,8,14,17,19-20H2,(H,36,41)(H,39,40). The lowest BCUT2D eigenvalue weighted by atomic mass is 10.0. The normalized spacial score (nSPS) is 11.0. The number of fused-ring (bicyclic) bond motifs is 1. The van der Waals surface area contributed by atoms with Crippen molar-refractivity contribution in [1.82, 2.24) is 15.3 Å². The molecule has 1 amide bonds. The molecule has 1 aromatic heterocycles. The summed E-state index contributed by atoms with van der Waals surface area (Å²) < 4.78 is 0.916. The third kappa shape index (κ3) is 7.48. The van der Waals surface area contributed by atoms with Crippen LogP contribution in [0.3, 0.4) is 0 Å². The van der Waals surface area contributed by atoms with E-state index in [0.717, 1.165) is 38.1 Å². The molecule has 0 aliphatic heterocycles. The summed E-state index contributed by atoms with van der Waals surface area (Å²) in [5.41, 5.74) is 8.46. The van der Waals surface area contributed by atoms with Crippen molar-refractivity contribution < 1.29 is 14.7 Å². The Hall–Kier alpha value is -3.82. The number of aryl methyl sites for hydroxylation is 2. The predicted molar refractivity (Wildman–Crippen MR) is 171 cm³/mol. The van der Waals surface area contributed by atoms with E-state index in [1.807, 2.05) is 66.7 Å². The van der Waals surface area contributed by atoms with E-state index in [4.69, 9.17) is 26.7 Å². The van der Waals surface area contributed by atoms with E-state index in [0.29, 0.717) is 41.0 Å². The molecule has 0 radical (unpaired) electrons. The molecule has 206 valence electrons. The molecular formula is C33H27ClIN3O3. The zero-order chi connectivity index (χ0) is 28.8. The molecular weight excluding hydrogens is 649 g/mol. The van der Waals surface area contributed by atoms with E-state index in [1.165, 1.54) is 5.56 Å². The van der Waals surface area contributed by atoms with Crippen molar-refractivity contribution in [3.05, 3.63) is 130 Å². The zero-order valence-corrected chi connectivity index (χ0v) is 25.0. The van der Waals surface area contributed by atoms with Crippen molar-refractivity contribution in [2.45, 2.75) is 30.2 Å². The minimum atomic E-state index is -0.852. The Balaban J connectivity index is 1.41. The van der Waals surface area contributed by atoms with Gasteiger partial charge >= 0.3 is 5.97 Å². The number of amides is 1. The van der Waals surface area contributed by atoms with Crippen LogP contribution in [0.4, 0.5) is 0 Å². The molecule has 0 aliphatic carbocycles. The fraction of sp³-hybridized carbons (Fsp3) is 0.152. The Morgan fingerprint density at radius 2 is 1.51 bits per heavy atom. The first-order valence-corrected chi connectivity index (χ1v) is 15.1. The maximum absolute atomic E-state index is 13.0. The SMILES string of the molecule is O=C(O)Cc1ccc(CCc2nc3cc(C(=O)NCc4cccc(CI)c4)ccc3nc2-c2ccc(Cl)cc2)cc1. The summed E-state index contributed by atoms with van der Waals surface area (Å²) >= 11 is 8.46. The minimum Gasteiger partial charge on any atom is -0.481 e. The maximum Gasteiger partial charge on any atom is 0.307 e. The first-order chi connectivity index (χ1) is 19.9. The molecule has 41 heavy (non-hydrogen) atoms. The highest BCUT2D eigenvalue weighted by Gasteiger charge is 2.14. The molecule has 0 aliphatic rings. The fourth-order valence-corrected chi connectivity index (χ4v) is 5.21. The van der Waals surface area contributed by atoms with E-state index in [9.17, 15) is 9.59 Å². The van der Waals surface area contributed by atoms with Gasteiger partial charge in [0.15, 0.2) is 0 Å². The first kappa shape index (κ1) is 28.7. The van der Waals surface area contributed by atoms with E-state index >= 15 is 0 Å². The van der Waals surface area contributed by atoms with Crippen molar-refractivity contribution in [2.75, 3.05) is 0 Å². The third-order valence-corrected chi connectivity index (χ3v) is 7.88. The molecule has 2 N–H and O–H groups in total. The molecule has 0 saturated heterocycles. The number of benzene rings is 4. The number of aromatic nitrogens is 2. The molecule has 0 saturated carbocycles. The van der Waals surface area contributed by atoms with Gasteiger partial charge < -0.3 is 10.4 Å². The maximum atomic E-state index is 13.0. The van der Waals surface area contributed by atoms with Crippen LogP contribution < -0.4 is 5.32 Å². The van der Waals surface area contributed by atoms with Crippen molar-refractivity contribution in [3.8, 4) is 11.3 Å². The second kappa shape index (κ2) is 13.2. The summed E-state index contributed by atoms with van der Waals surface area (Å²) in [5, 5.41) is 12.7. The van der Waals surface area contributed by atoms with Crippen molar-refractivity contribution >= 4 is 57.1 Å². The number of carbonyl (C=O) groups is 2. The van der Waals surface area contributed by atoms with Gasteiger partial charge in [0.1, 0.15) is 0 Å². The van der Waals surface area contributed by atoms with Gasteiger partial charge in [-0.1, -0.05) is 94.9 Å². The monoisotopic (exact) mass is 675 g/mol. The van der Waals surface area contributed by atoms with Crippen LogP contribution in [0.5, 0.6) is 0 Å². The van der Waals surface area contributed by atoms with Crippen molar-refractivity contribution in [1.29, 1.82) is 0 Å². The van der Waals surface area contributed by atoms with Crippen molar-refractivity contribution in [2.24, 2.45) is 0 Å². The van der Waals surface area contributed by atoms with Gasteiger partial charge in [-0.05, 0) is 65.4 Å². The van der Waals surface area contributed by atoms with Crippen LogP contribution >= 0.6 is 34.2 Å². The lowest BCUT2D eigenvalue weighted by molar-refractivity contribution is -0.136. The molecule has 6 nitrogen and oxygen atoms in total. The van der Waals surface area contributed by atoms with Crippen molar-refractivity contribution in [3.63, 3.8) is 0 Å². The number of hydrogen-bond donors (Lipinski definition) is 2. The van der Waals surface area contributed by atoms with Gasteiger partial charge in [-0.15, -0.1) is 0 Å². The number of carbonyl (C=O) groups excluding carboxylic acids is 1. The quantitative estimate of drug-likeness (QED) is 0.120. The number of nitrogens with zero attached hydrogens (tertiary/aromatic N) is 2. The van der Waals surface area contributed by atoms with Crippen LogP contribution in [-0.2, 0) is 35.0 Å². The number of aliphatic carboxylic acids is 1. The molecule has 5 rings (SSSR count). The zero-order valence-electron chi connectivity index (χ0n) is 22.1. The molecule has 0 unspecified atom stereocenters. The highest BCUT2D eigenvalue weighted by atomic mass is 127. The van der Waals surface area contributed by atoms with E-state index in [-0.39, 0.29) is 12.3 Å². The van der Waals surface area contributed by atoms with Crippen LogP contribution in [0.25, 0.3) is 22.3 Å². The largest absolute Gasteiger partial charge is 0.481 e. The Morgan fingerprint density at radius 3 is 2.24 bits per heavy atom. The fourth-order valence-electron chi connectivity index (χ4n) is 4.61. The molecule has 4 aromatic carbocycles. The molecule has 5 aromatic rings. The Bertz CT molecular complexity index is 1710. The summed E-state index contributed by atoms with van der Waals surface area (Å²) in [7, 11) is 0. The average Bonchev–Trinajstić information content (AvgIpc) is 2.99. The average molecular weight is 676 g/mol. The Kier molecular flexibility index (Phi) is 9.26. The lowest BCUT2D eigenvalue weighted by Crippen LogP contribution is -2.22. The van der Waals surface area contributed by atoms with E-state index in [2.05, 4.69) is 40.0 Å². The number of carboxylic acid groups (broad SMARTS) is 1. The minimum absolute atomic E-state index is 0.00210. The second-order valence-corrected chi connectivity index (χ2v) is 11.0. The summed E-state index contributed by atoms with van der Waals surface area (Å²) in [6.45, 7) is 0.443. The van der Waals surface area contributed by atoms with Crippen LogP contribution in [0.1, 0.15) is 38.3 Å². The molecule has 8 heteroatoms. The second-order valence-electron chi connectivity index (χ2n) is 9.75. The highest BCUT2D eigenvalue weighted by Crippen LogP contribution is 2.27. The summed E-state index contributed by atoms with van der Waals surface area (Å²) in [4.78, 5) is 33.9. The number of hydrogen-bond acceptors (Lipinski definition) is 4. The number of nitrogens with one attached hydrogen (secondary N) is 1. The van der Waals surface area contributed by atoms with Crippen LogP contribution in [0.15, 0.2) is 91.0 Å². The van der Waals surface area contributed by atoms with Crippen LogP contribution in [0.2, 0.25) is 5.02 Å². The number of halogens is 2. The molecule has 1 heterocycles. The molecule has 0 bridgehead atoms. The number of alkyl halides is 1. The van der Waals surface area contributed by atoms with Gasteiger partial charge in [-0.3, -0.25) is 9.59 Å². The topological polar surface area (TPSA) is 92.2 Å². The van der Waals surface area contributed by atoms with Gasteiger partial charge in [0.25, 0.3) is 5.91 Å². The number of rotatable bonds is 10. The Labute approximate surface area is 257 Å². The van der Waals surface area contributed by atoms with Gasteiger partial charge in [0.05, 0.1) is 28.8 Å². The van der Waals surface area contributed by atoms with Gasteiger partial charge in [0.2, 0.25) is 0 Å². The van der Waals surface area contributed by atoms with E-state index in [1.54, 1.807) is 12.1 Å². The predicted octanol–water partition coefficient (Wildman–Crippen LogP) is 7.23. The van der Waals surface area contributed by atoms with Gasteiger partial charge in [-0.2, -0.15) is 0 Å². The van der Waals surface area contributed by atoms with E-state index < -0.39 is 5.97 Å². The number of carboxylic acids is 1. The lowest BCUT2D eigenvalue weighted by Gasteiger charge is -2.12. The smallest absolute Gasteiger partial charge is 0.307 e. The summed E-state index contributed by atoms with van der Waals surface area (Å²) in [5.74, 6) is -1.02. The van der Waals surface area contributed by atoms with Gasteiger partial charge in [-0.25, -0.2) is 9.97 Å². The van der Waals surface area contributed by atoms with Crippen LogP contribution in [-0.4, -0.2) is 27.0 Å². The van der Waals surface area contributed by atoms with Crippen LogP contribution in [0, 0.1) is 0 Å². The Morgan fingerprint density at radius 1 is 0.780 bits per heavy atom. The molecule has 0 spiro atoms. The molecule has 0 atom stereocenters. The summed E-state index contributed by atoms with van der Waals surface area (Å²) in [6, 6.07) is 28.7. The summed E-state index contributed by atoms with van der Waals surface area (Å²) in [6.07, 6.45) is 1.31. The third-order valence-electron chi connectivity index (χ3n) is 6.74. The van der Waals surface area contributed by atoms with Gasteiger partial charge in [0, 0.05) is 27.1 Å². The highest BCUT2D eigenvalue weighted by molar-refractivity contribution is 14.1.